The number of nitrogens with zero attached hydrogens (tertiary/aromatic N) is 1. The summed E-state index contributed by atoms with van der Waals surface area (Å²) in [6.07, 6.45) is 6.09. The van der Waals surface area contributed by atoms with E-state index in [4.69, 9.17) is 16.3 Å². The lowest BCUT2D eigenvalue weighted by Crippen LogP contribution is -2.45. The number of para-hydroxylation sites is 1. The van der Waals surface area contributed by atoms with Crippen molar-refractivity contribution in [3.05, 3.63) is 29.3 Å². The molecule has 1 fully saturated rings. The molecule has 0 N–H and O–H groups in total. The van der Waals surface area contributed by atoms with Gasteiger partial charge in [-0.1, -0.05) is 49.9 Å². The van der Waals surface area contributed by atoms with Crippen LogP contribution in [0.4, 0.5) is 0 Å². The summed E-state index contributed by atoms with van der Waals surface area (Å²) in [5.41, 5.74) is 0. The van der Waals surface area contributed by atoms with Crippen LogP contribution in [0.25, 0.3) is 0 Å². The van der Waals surface area contributed by atoms with Crippen molar-refractivity contribution in [1.29, 1.82) is 0 Å². The van der Waals surface area contributed by atoms with Crippen molar-refractivity contribution >= 4 is 17.5 Å². The van der Waals surface area contributed by atoms with Gasteiger partial charge in [0.05, 0.1) is 5.02 Å². The Morgan fingerprint density at radius 3 is 2.62 bits per heavy atom. The average Bonchev–Trinajstić information content (AvgIpc) is 2.53. The van der Waals surface area contributed by atoms with Crippen molar-refractivity contribution < 1.29 is 9.53 Å². The molecule has 1 aromatic rings. The molecule has 0 saturated heterocycles. The van der Waals surface area contributed by atoms with Gasteiger partial charge in [0.25, 0.3) is 5.91 Å². The van der Waals surface area contributed by atoms with Gasteiger partial charge in [-0.25, -0.2) is 0 Å². The third kappa shape index (κ3) is 4.13. The number of rotatable bonds is 5. The Kier molecular flexibility index (Phi) is 5.92. The van der Waals surface area contributed by atoms with Gasteiger partial charge < -0.3 is 9.64 Å². The molecule has 3 nitrogen and oxygen atoms in total. The number of halogens is 1. The van der Waals surface area contributed by atoms with Crippen LogP contribution in [-0.2, 0) is 4.79 Å². The Hall–Kier alpha value is -1.22. The lowest BCUT2D eigenvalue weighted by atomic mass is 9.94. The second-order valence-electron chi connectivity index (χ2n) is 5.69. The van der Waals surface area contributed by atoms with Gasteiger partial charge >= 0.3 is 0 Å². The van der Waals surface area contributed by atoms with E-state index in [1.54, 1.807) is 12.1 Å². The van der Waals surface area contributed by atoms with Crippen molar-refractivity contribution in [3.63, 3.8) is 0 Å². The zero-order valence-electron chi connectivity index (χ0n) is 12.8. The van der Waals surface area contributed by atoms with E-state index in [0.29, 0.717) is 23.2 Å². The minimum absolute atomic E-state index is 0.0596. The zero-order chi connectivity index (χ0) is 15.2. The molecule has 0 aromatic heterocycles. The van der Waals surface area contributed by atoms with Crippen LogP contribution < -0.4 is 4.74 Å². The molecule has 0 unspecified atom stereocenters. The van der Waals surface area contributed by atoms with Crippen molar-refractivity contribution in [2.45, 2.75) is 57.6 Å². The summed E-state index contributed by atoms with van der Waals surface area (Å²) in [4.78, 5) is 14.5. The molecule has 4 heteroatoms. The first kappa shape index (κ1) is 16.2. The molecule has 0 heterocycles. The summed E-state index contributed by atoms with van der Waals surface area (Å²) >= 11 is 6.11. The van der Waals surface area contributed by atoms with Crippen LogP contribution in [0.2, 0.25) is 5.02 Å². The molecular weight excluding hydrogens is 286 g/mol. The first-order valence-corrected chi connectivity index (χ1v) is 8.19. The maximum absolute atomic E-state index is 12.6. The predicted octanol–water partition coefficient (Wildman–Crippen LogP) is 4.29. The number of hydrogen-bond donors (Lipinski definition) is 0. The van der Waals surface area contributed by atoms with Crippen LogP contribution >= 0.6 is 11.6 Å². The van der Waals surface area contributed by atoms with E-state index < -0.39 is 6.10 Å². The Labute approximate surface area is 132 Å². The summed E-state index contributed by atoms with van der Waals surface area (Å²) in [6, 6.07) is 7.66. The smallest absolute Gasteiger partial charge is 0.263 e. The third-order valence-corrected chi connectivity index (χ3v) is 4.53. The fraction of sp³-hybridized carbons (Fsp3) is 0.588. The highest BCUT2D eigenvalue weighted by atomic mass is 35.5. The van der Waals surface area contributed by atoms with Crippen LogP contribution in [0.15, 0.2) is 24.3 Å². The van der Waals surface area contributed by atoms with Gasteiger partial charge in [0.2, 0.25) is 0 Å². The Morgan fingerprint density at radius 2 is 2.00 bits per heavy atom. The van der Waals surface area contributed by atoms with E-state index in [2.05, 4.69) is 0 Å². The molecule has 0 radical (unpaired) electrons. The molecule has 0 bridgehead atoms. The van der Waals surface area contributed by atoms with Gasteiger partial charge in [0.15, 0.2) is 6.10 Å². The number of amides is 1. The van der Waals surface area contributed by atoms with Gasteiger partial charge in [-0.3, -0.25) is 4.79 Å². The number of carbonyl (C=O) groups excluding carboxylic acids is 1. The van der Waals surface area contributed by atoms with Gasteiger partial charge in [0.1, 0.15) is 5.75 Å². The molecule has 1 aliphatic rings. The van der Waals surface area contributed by atoms with Gasteiger partial charge in [-0.15, -0.1) is 0 Å². The summed E-state index contributed by atoms with van der Waals surface area (Å²) in [7, 11) is 1.90. The summed E-state index contributed by atoms with van der Waals surface area (Å²) < 4.78 is 5.85. The molecular formula is C17H24ClNO2. The highest BCUT2D eigenvalue weighted by Crippen LogP contribution is 2.26. The van der Waals surface area contributed by atoms with Crippen LogP contribution in [0.1, 0.15) is 45.4 Å². The fourth-order valence-electron chi connectivity index (χ4n) is 2.88. The average molecular weight is 310 g/mol. The maximum Gasteiger partial charge on any atom is 0.263 e. The molecule has 0 aliphatic heterocycles. The van der Waals surface area contributed by atoms with Crippen molar-refractivity contribution in [2.24, 2.45) is 0 Å². The van der Waals surface area contributed by atoms with Crippen LogP contribution in [0.5, 0.6) is 5.75 Å². The minimum Gasteiger partial charge on any atom is -0.479 e. The van der Waals surface area contributed by atoms with E-state index in [9.17, 15) is 4.79 Å². The molecule has 116 valence electrons. The second kappa shape index (κ2) is 7.69. The van der Waals surface area contributed by atoms with Crippen molar-refractivity contribution in [3.8, 4) is 5.75 Å². The van der Waals surface area contributed by atoms with E-state index in [1.165, 1.54) is 19.3 Å². The van der Waals surface area contributed by atoms with Crippen molar-refractivity contribution in [1.82, 2.24) is 4.90 Å². The maximum atomic E-state index is 12.6. The largest absolute Gasteiger partial charge is 0.479 e. The predicted molar refractivity (Wildman–Crippen MR) is 85.8 cm³/mol. The molecule has 1 aliphatic carbocycles. The highest BCUT2D eigenvalue weighted by Gasteiger charge is 2.28. The number of benzene rings is 1. The first-order chi connectivity index (χ1) is 10.1. The number of carbonyl (C=O) groups is 1. The van der Waals surface area contributed by atoms with E-state index >= 15 is 0 Å². The number of likely N-dealkylation sites (N-methyl/N-ethyl adjacent to an activating group) is 1. The molecule has 1 amide bonds. The normalized spacial score (nSPS) is 17.3. The van der Waals surface area contributed by atoms with E-state index in [1.807, 2.05) is 31.0 Å². The van der Waals surface area contributed by atoms with Gasteiger partial charge in [-0.2, -0.15) is 0 Å². The minimum atomic E-state index is -0.461. The fourth-order valence-corrected chi connectivity index (χ4v) is 3.06. The van der Waals surface area contributed by atoms with Gasteiger partial charge in [0, 0.05) is 13.1 Å². The summed E-state index contributed by atoms with van der Waals surface area (Å²) in [5, 5.41) is 0.545. The molecule has 1 aromatic carbocycles. The van der Waals surface area contributed by atoms with Crippen molar-refractivity contribution in [2.75, 3.05) is 7.05 Å². The van der Waals surface area contributed by atoms with Gasteiger partial charge in [-0.05, 0) is 31.4 Å². The SMILES string of the molecule is CC[C@H](Oc1ccccc1Cl)C(=O)N(C)C1CCCCC1. The summed E-state index contributed by atoms with van der Waals surface area (Å²) in [6.45, 7) is 1.97. The topological polar surface area (TPSA) is 29.5 Å². The molecule has 1 atom stereocenters. The highest BCUT2D eigenvalue weighted by molar-refractivity contribution is 6.32. The third-order valence-electron chi connectivity index (χ3n) is 4.22. The zero-order valence-corrected chi connectivity index (χ0v) is 13.6. The lowest BCUT2D eigenvalue weighted by molar-refractivity contribution is -0.140. The van der Waals surface area contributed by atoms with E-state index in [-0.39, 0.29) is 5.91 Å². The van der Waals surface area contributed by atoms with Crippen LogP contribution in [0, 0.1) is 0 Å². The Balaban J connectivity index is 2.02. The Morgan fingerprint density at radius 1 is 1.33 bits per heavy atom. The monoisotopic (exact) mass is 309 g/mol. The number of hydrogen-bond acceptors (Lipinski definition) is 2. The Bertz CT molecular complexity index is 472. The lowest BCUT2D eigenvalue weighted by Gasteiger charge is -2.33. The summed E-state index contributed by atoms with van der Waals surface area (Å²) in [5.74, 6) is 0.640. The molecule has 21 heavy (non-hydrogen) atoms. The second-order valence-corrected chi connectivity index (χ2v) is 6.09. The van der Waals surface area contributed by atoms with Crippen LogP contribution in [0.3, 0.4) is 0 Å². The number of ether oxygens (including phenoxy) is 1. The van der Waals surface area contributed by atoms with E-state index in [0.717, 1.165) is 12.8 Å². The quantitative estimate of drug-likeness (QED) is 0.812. The standard InChI is InChI=1S/C17H24ClNO2/c1-3-15(21-16-12-8-7-11-14(16)18)17(20)19(2)13-9-5-4-6-10-13/h7-8,11-13,15H,3-6,9-10H2,1-2H3/t15-/m0/s1. The molecule has 2 rings (SSSR count). The molecule has 0 spiro atoms. The van der Waals surface area contributed by atoms with Crippen LogP contribution in [-0.4, -0.2) is 30.0 Å². The first-order valence-electron chi connectivity index (χ1n) is 7.81. The molecule has 1 saturated carbocycles.